The van der Waals surface area contributed by atoms with Crippen molar-refractivity contribution in [3.05, 3.63) is 167 Å². The van der Waals surface area contributed by atoms with Gasteiger partial charge in [-0.1, -0.05) is 138 Å². The third kappa shape index (κ3) is 6.25. The van der Waals surface area contributed by atoms with Crippen LogP contribution >= 0.6 is 34.8 Å². The summed E-state index contributed by atoms with van der Waals surface area (Å²) in [6, 6.07) is 49.2. The van der Waals surface area contributed by atoms with E-state index in [0.29, 0.717) is 55.2 Å². The van der Waals surface area contributed by atoms with Crippen molar-refractivity contribution in [3.8, 4) is 79.3 Å². The van der Waals surface area contributed by atoms with Gasteiger partial charge in [-0.25, -0.2) is 19.3 Å². The number of benzene rings is 6. The smallest absolute Gasteiger partial charge is 0.162 e. The van der Waals surface area contributed by atoms with Crippen LogP contribution in [-0.2, 0) is 0 Å². The van der Waals surface area contributed by atoms with Crippen molar-refractivity contribution in [2.75, 3.05) is 14.2 Å². The molecular formula is C44H31Cl3N4O2. The van der Waals surface area contributed by atoms with Crippen LogP contribution in [0.25, 0.3) is 67.8 Å². The molecule has 9 heteroatoms. The van der Waals surface area contributed by atoms with Crippen molar-refractivity contribution in [3.63, 3.8) is 0 Å². The number of hydrogen-bond donors (Lipinski definition) is 0. The van der Waals surface area contributed by atoms with Crippen molar-refractivity contribution in [1.82, 2.24) is 19.3 Å². The van der Waals surface area contributed by atoms with E-state index in [1.54, 1.807) is 14.2 Å². The Hall–Kier alpha value is -5.79. The molecular weight excluding hydrogens is 723 g/mol. The van der Waals surface area contributed by atoms with Crippen molar-refractivity contribution in [2.24, 2.45) is 0 Å². The van der Waals surface area contributed by atoms with Gasteiger partial charge < -0.3 is 9.47 Å². The molecule has 0 saturated carbocycles. The Morgan fingerprint density at radius 3 is 1.36 bits per heavy atom. The van der Waals surface area contributed by atoms with Gasteiger partial charge >= 0.3 is 0 Å². The van der Waals surface area contributed by atoms with E-state index in [0.717, 1.165) is 39.2 Å². The summed E-state index contributed by atoms with van der Waals surface area (Å²) < 4.78 is 15.7. The number of methoxy groups -OCH3 is 2. The Balaban J connectivity index is 1.63. The van der Waals surface area contributed by atoms with Crippen LogP contribution in [0.2, 0.25) is 15.1 Å². The molecule has 0 atom stereocenters. The molecule has 8 aromatic rings. The van der Waals surface area contributed by atoms with Crippen molar-refractivity contribution >= 4 is 34.8 Å². The van der Waals surface area contributed by atoms with Gasteiger partial charge in [-0.05, 0) is 48.5 Å². The lowest BCUT2D eigenvalue weighted by atomic mass is 10.0. The van der Waals surface area contributed by atoms with Crippen LogP contribution in [0.4, 0.5) is 0 Å². The van der Waals surface area contributed by atoms with Gasteiger partial charge in [-0.3, -0.25) is 0 Å². The van der Waals surface area contributed by atoms with Crippen molar-refractivity contribution < 1.29 is 9.47 Å². The van der Waals surface area contributed by atoms with Gasteiger partial charge in [-0.2, -0.15) is 0 Å². The molecule has 53 heavy (non-hydrogen) atoms. The number of aromatic nitrogens is 4. The average Bonchev–Trinajstić information content (AvgIpc) is 3.78. The first-order chi connectivity index (χ1) is 26.0. The van der Waals surface area contributed by atoms with Crippen LogP contribution in [-0.4, -0.2) is 33.5 Å². The Bertz CT molecular complexity index is 2580. The first kappa shape index (κ1) is 34.3. The summed E-state index contributed by atoms with van der Waals surface area (Å²) in [5, 5.41) is 1.60. The Morgan fingerprint density at radius 2 is 0.849 bits per heavy atom. The fraction of sp³-hybridized carbons (Fsp3) is 0.0455. The highest BCUT2D eigenvalue weighted by molar-refractivity contribution is 6.34. The number of rotatable bonds is 9. The van der Waals surface area contributed by atoms with E-state index in [1.807, 2.05) is 127 Å². The lowest BCUT2D eigenvalue weighted by Crippen LogP contribution is -2.16. The summed E-state index contributed by atoms with van der Waals surface area (Å²) in [6.45, 7) is 0. The van der Waals surface area contributed by atoms with Crippen LogP contribution in [0.5, 0.6) is 11.5 Å². The first-order valence-corrected chi connectivity index (χ1v) is 18.0. The second kappa shape index (κ2) is 14.7. The summed E-state index contributed by atoms with van der Waals surface area (Å²) in [4.78, 5) is 10.9. The molecule has 0 radical (unpaired) electrons. The molecule has 260 valence electrons. The fourth-order valence-corrected chi connectivity index (χ4v) is 7.25. The van der Waals surface area contributed by atoms with Crippen LogP contribution < -0.4 is 9.47 Å². The Labute approximate surface area is 322 Å². The third-order valence-electron chi connectivity index (χ3n) is 9.02. The van der Waals surface area contributed by atoms with E-state index < -0.39 is 0 Å². The van der Waals surface area contributed by atoms with Gasteiger partial charge in [-0.15, -0.1) is 0 Å². The van der Waals surface area contributed by atoms with Crippen LogP contribution in [0.3, 0.4) is 0 Å². The normalized spacial score (nSPS) is 11.1. The maximum Gasteiger partial charge on any atom is 0.162 e. The molecule has 2 aromatic heterocycles. The summed E-state index contributed by atoms with van der Waals surface area (Å²) in [7, 11) is 3.24. The van der Waals surface area contributed by atoms with Gasteiger partial charge in [0.1, 0.15) is 5.69 Å². The molecule has 0 fully saturated rings. The minimum absolute atomic E-state index is 0.521. The van der Waals surface area contributed by atoms with Crippen molar-refractivity contribution in [1.29, 1.82) is 0 Å². The largest absolute Gasteiger partial charge is 0.493 e. The second-order valence-electron chi connectivity index (χ2n) is 12.1. The molecule has 6 aromatic carbocycles. The standard InChI is InChI=1S/C44H31Cl3N4O2/c1-52-37-26-25-30(27-38(37)53-2)42-40(31-19-9-12-22-34(31)45)49-44(33-21-11-14-24-36(33)47)51(42)50-41(29-17-7-4-8-18-29)39(28-15-5-3-6-16-28)48-43(50)32-20-10-13-23-35(32)46/h3-27H,1-2H3. The molecule has 6 nitrogen and oxygen atoms in total. The zero-order valence-corrected chi connectivity index (χ0v) is 30.9. The number of halogens is 3. The molecule has 8 rings (SSSR count). The van der Waals surface area contributed by atoms with Crippen molar-refractivity contribution in [2.45, 2.75) is 0 Å². The molecule has 0 saturated heterocycles. The maximum absolute atomic E-state index is 7.07. The zero-order valence-electron chi connectivity index (χ0n) is 28.7. The van der Waals surface area contributed by atoms with E-state index >= 15 is 0 Å². The highest BCUT2D eigenvalue weighted by Gasteiger charge is 2.31. The van der Waals surface area contributed by atoms with Gasteiger partial charge in [0.2, 0.25) is 0 Å². The minimum Gasteiger partial charge on any atom is -0.493 e. The predicted octanol–water partition coefficient (Wildman–Crippen LogP) is 12.4. The molecule has 0 spiro atoms. The Kier molecular flexibility index (Phi) is 9.50. The van der Waals surface area contributed by atoms with Gasteiger partial charge in [0.25, 0.3) is 0 Å². The fourth-order valence-electron chi connectivity index (χ4n) is 6.58. The lowest BCUT2D eigenvalue weighted by molar-refractivity contribution is 0.355. The maximum atomic E-state index is 7.07. The van der Waals surface area contributed by atoms with E-state index in [1.165, 1.54) is 0 Å². The van der Waals surface area contributed by atoms with Crippen LogP contribution in [0.1, 0.15) is 0 Å². The van der Waals surface area contributed by atoms with E-state index in [9.17, 15) is 0 Å². The monoisotopic (exact) mass is 752 g/mol. The quantitative estimate of drug-likeness (QED) is 0.147. The highest BCUT2D eigenvalue weighted by atomic mass is 35.5. The van der Waals surface area contributed by atoms with E-state index in [4.69, 9.17) is 54.2 Å². The lowest BCUT2D eigenvalue weighted by Gasteiger charge is -2.21. The number of imidazole rings is 2. The van der Waals surface area contributed by atoms with Gasteiger partial charge in [0.05, 0.1) is 46.4 Å². The number of hydrogen-bond acceptors (Lipinski definition) is 4. The molecule has 0 bridgehead atoms. The van der Waals surface area contributed by atoms with Gasteiger partial charge in [0.15, 0.2) is 23.1 Å². The molecule has 0 aliphatic carbocycles. The van der Waals surface area contributed by atoms with Gasteiger partial charge in [0, 0.05) is 33.4 Å². The summed E-state index contributed by atoms with van der Waals surface area (Å²) >= 11 is 21.1. The summed E-state index contributed by atoms with van der Waals surface area (Å²) in [5.41, 5.74) is 7.68. The highest BCUT2D eigenvalue weighted by Crippen LogP contribution is 2.46. The van der Waals surface area contributed by atoms with Crippen LogP contribution in [0.15, 0.2) is 152 Å². The molecule has 0 amide bonds. The summed E-state index contributed by atoms with van der Waals surface area (Å²) in [5.74, 6) is 2.28. The molecule has 0 aliphatic rings. The zero-order chi connectivity index (χ0) is 36.5. The van der Waals surface area contributed by atoms with Crippen LogP contribution in [0, 0.1) is 0 Å². The topological polar surface area (TPSA) is 54.1 Å². The van der Waals surface area contributed by atoms with E-state index in [-0.39, 0.29) is 0 Å². The van der Waals surface area contributed by atoms with E-state index in [2.05, 4.69) is 33.6 Å². The molecule has 0 unspecified atom stereocenters. The average molecular weight is 754 g/mol. The molecule has 0 N–H and O–H groups in total. The Morgan fingerprint density at radius 1 is 0.415 bits per heavy atom. The SMILES string of the molecule is COc1ccc(-c2c(-c3ccccc3Cl)nc(-c3ccccc3Cl)n2-n2c(-c3ccccc3Cl)nc(-c3ccccc3)c2-c2ccccc2)cc1OC. The molecule has 0 aliphatic heterocycles. The predicted molar refractivity (Wildman–Crippen MR) is 216 cm³/mol. The minimum atomic E-state index is 0.521. The summed E-state index contributed by atoms with van der Waals surface area (Å²) in [6.07, 6.45) is 0. The number of nitrogens with zero attached hydrogens (tertiary/aromatic N) is 4. The second-order valence-corrected chi connectivity index (χ2v) is 13.4. The third-order valence-corrected chi connectivity index (χ3v) is 10.0. The first-order valence-electron chi connectivity index (χ1n) is 16.8. The molecule has 2 heterocycles. The number of ether oxygens (including phenoxy) is 2.